The number of aromatic nitrogens is 1. The number of amides is 1. The average Bonchev–Trinajstić information content (AvgIpc) is 3.58. The fraction of sp³-hybridized carbons (Fsp3) is 0.760. The van der Waals surface area contributed by atoms with Crippen molar-refractivity contribution in [2.75, 3.05) is 38.3 Å². The third kappa shape index (κ3) is 4.47. The van der Waals surface area contributed by atoms with Gasteiger partial charge in [-0.05, 0) is 44.6 Å². The smallest absolute Gasteiger partial charge is 0.379 e. The third-order valence-electron chi connectivity index (χ3n) is 8.75. The van der Waals surface area contributed by atoms with Gasteiger partial charge in [0, 0.05) is 45.1 Å². The van der Waals surface area contributed by atoms with Crippen LogP contribution >= 0.6 is 0 Å². The van der Waals surface area contributed by atoms with Crippen molar-refractivity contribution in [1.29, 1.82) is 0 Å². The molecule has 200 valence electrons. The van der Waals surface area contributed by atoms with E-state index in [-0.39, 0.29) is 42.0 Å². The van der Waals surface area contributed by atoms with E-state index in [1.54, 1.807) is 12.0 Å². The van der Waals surface area contributed by atoms with Gasteiger partial charge in [-0.25, -0.2) is 9.37 Å². The second-order valence-corrected chi connectivity index (χ2v) is 10.6. The van der Waals surface area contributed by atoms with Crippen LogP contribution < -0.4 is 10.2 Å². The van der Waals surface area contributed by atoms with Crippen LogP contribution in [-0.4, -0.2) is 79.5 Å². The first kappa shape index (κ1) is 25.7. The Morgan fingerprint density at radius 3 is 2.78 bits per heavy atom. The molecule has 2 bridgehead atoms. The molecule has 5 rings (SSSR count). The summed E-state index contributed by atoms with van der Waals surface area (Å²) in [5.41, 5.74) is -1.77. The number of methoxy groups -OCH3 is 1. The Kier molecular flexibility index (Phi) is 6.93. The number of hydrogen-bond acceptors (Lipinski definition) is 6. The Bertz CT molecular complexity index is 979. The van der Waals surface area contributed by atoms with E-state index in [9.17, 15) is 22.4 Å². The van der Waals surface area contributed by atoms with Gasteiger partial charge in [-0.2, -0.15) is 13.2 Å². The molecule has 11 heteroatoms. The molecule has 4 heterocycles. The summed E-state index contributed by atoms with van der Waals surface area (Å²) < 4.78 is 65.4. The Labute approximate surface area is 208 Å². The van der Waals surface area contributed by atoms with E-state index < -0.39 is 23.0 Å². The number of carbonyl (C=O) groups is 1. The molecule has 36 heavy (non-hydrogen) atoms. The highest BCUT2D eigenvalue weighted by molar-refractivity contribution is 5.84. The molecule has 7 nitrogen and oxygen atoms in total. The van der Waals surface area contributed by atoms with Gasteiger partial charge in [-0.3, -0.25) is 4.79 Å². The van der Waals surface area contributed by atoms with Crippen LogP contribution in [0, 0.1) is 11.2 Å². The molecule has 0 radical (unpaired) electrons. The molecule has 0 unspecified atom stereocenters. The number of rotatable bonds is 6. The second-order valence-electron chi connectivity index (χ2n) is 10.6. The molecule has 6 atom stereocenters. The molecule has 0 aromatic carbocycles. The van der Waals surface area contributed by atoms with E-state index in [1.165, 1.54) is 0 Å². The largest absolute Gasteiger partial charge is 0.419 e. The summed E-state index contributed by atoms with van der Waals surface area (Å²) in [4.78, 5) is 21.3. The Morgan fingerprint density at radius 1 is 1.31 bits per heavy atom. The van der Waals surface area contributed by atoms with Crippen molar-refractivity contribution in [1.82, 2.24) is 15.2 Å². The van der Waals surface area contributed by atoms with Crippen LogP contribution in [0.5, 0.6) is 0 Å². The first-order chi connectivity index (χ1) is 17.2. The molecule has 1 aromatic rings. The summed E-state index contributed by atoms with van der Waals surface area (Å²) in [7, 11) is 1.69. The Balaban J connectivity index is 1.25. The number of ether oxygens (including phenoxy) is 2. The highest BCUT2D eigenvalue weighted by Gasteiger charge is 2.53. The zero-order chi connectivity index (χ0) is 25.7. The van der Waals surface area contributed by atoms with Crippen molar-refractivity contribution in [3.8, 4) is 0 Å². The van der Waals surface area contributed by atoms with E-state index in [1.807, 2.05) is 4.90 Å². The maximum atomic E-state index is 14.7. The minimum absolute atomic E-state index is 0.00349. The summed E-state index contributed by atoms with van der Waals surface area (Å²) >= 11 is 0. The van der Waals surface area contributed by atoms with Crippen molar-refractivity contribution in [2.24, 2.45) is 5.41 Å². The fourth-order valence-corrected chi connectivity index (χ4v) is 6.70. The minimum Gasteiger partial charge on any atom is -0.379 e. The maximum Gasteiger partial charge on any atom is 0.419 e. The number of nitrogens with zero attached hydrogens (tertiary/aromatic N) is 3. The summed E-state index contributed by atoms with van der Waals surface area (Å²) in [6.07, 6.45) is 0.873. The van der Waals surface area contributed by atoms with Gasteiger partial charge in [0.2, 0.25) is 5.91 Å². The predicted octanol–water partition coefficient (Wildman–Crippen LogP) is 3.37. The topological polar surface area (TPSA) is 66.9 Å². The van der Waals surface area contributed by atoms with E-state index in [0.29, 0.717) is 38.8 Å². The number of pyridine rings is 1. The Hall–Kier alpha value is -1.98. The van der Waals surface area contributed by atoms with Crippen LogP contribution in [0.25, 0.3) is 0 Å². The molecule has 3 aliphatic heterocycles. The SMILES string of the molecule is CC[C@]1(C(=O)N2C[C@H]3C[C@H]2CN3c2nccc(C(F)(F)F)c2F)CC[C@@H](N[C@H]2CCOC[C@H]2OC)C1. The van der Waals surface area contributed by atoms with Crippen LogP contribution in [0.2, 0.25) is 0 Å². The van der Waals surface area contributed by atoms with Crippen LogP contribution in [0.1, 0.15) is 51.0 Å². The normalized spacial score (nSPS) is 34.6. The van der Waals surface area contributed by atoms with Crippen LogP contribution in [-0.2, 0) is 20.4 Å². The molecule has 1 aliphatic carbocycles. The summed E-state index contributed by atoms with van der Waals surface area (Å²) in [5.74, 6) is -1.49. The van der Waals surface area contributed by atoms with Gasteiger partial charge in [0.05, 0.1) is 35.8 Å². The van der Waals surface area contributed by atoms with Crippen LogP contribution in [0.15, 0.2) is 12.3 Å². The third-order valence-corrected chi connectivity index (χ3v) is 8.75. The zero-order valence-electron chi connectivity index (χ0n) is 20.7. The maximum absolute atomic E-state index is 14.7. The molecule has 1 amide bonds. The van der Waals surface area contributed by atoms with Gasteiger partial charge in [0.1, 0.15) is 0 Å². The van der Waals surface area contributed by atoms with E-state index in [4.69, 9.17) is 9.47 Å². The highest BCUT2D eigenvalue weighted by atomic mass is 19.4. The monoisotopic (exact) mass is 514 g/mol. The van der Waals surface area contributed by atoms with Crippen LogP contribution in [0.4, 0.5) is 23.4 Å². The summed E-state index contributed by atoms with van der Waals surface area (Å²) in [6, 6.07) is 0.686. The van der Waals surface area contributed by atoms with E-state index in [0.717, 1.165) is 38.3 Å². The minimum atomic E-state index is -4.78. The number of likely N-dealkylation sites (tertiary alicyclic amines) is 1. The molecular weight excluding hydrogens is 480 g/mol. The molecule has 1 aromatic heterocycles. The van der Waals surface area contributed by atoms with Crippen molar-refractivity contribution in [2.45, 2.75) is 81.9 Å². The van der Waals surface area contributed by atoms with E-state index >= 15 is 0 Å². The molecule has 1 N–H and O–H groups in total. The molecule has 0 spiro atoms. The van der Waals surface area contributed by atoms with Gasteiger partial charge in [-0.1, -0.05) is 6.92 Å². The van der Waals surface area contributed by atoms with Gasteiger partial charge >= 0.3 is 6.18 Å². The Morgan fingerprint density at radius 2 is 2.11 bits per heavy atom. The van der Waals surface area contributed by atoms with Crippen molar-refractivity contribution in [3.05, 3.63) is 23.6 Å². The lowest BCUT2D eigenvalue weighted by atomic mass is 9.81. The number of carbonyl (C=O) groups excluding carboxylic acids is 1. The zero-order valence-corrected chi connectivity index (χ0v) is 20.7. The lowest BCUT2D eigenvalue weighted by Crippen LogP contribution is -2.54. The van der Waals surface area contributed by atoms with Crippen LogP contribution in [0.3, 0.4) is 0 Å². The number of halogens is 4. The van der Waals surface area contributed by atoms with Crippen molar-refractivity contribution < 1.29 is 31.8 Å². The van der Waals surface area contributed by atoms with Crippen molar-refractivity contribution >= 4 is 11.7 Å². The van der Waals surface area contributed by atoms with Crippen molar-refractivity contribution in [3.63, 3.8) is 0 Å². The summed E-state index contributed by atoms with van der Waals surface area (Å²) in [5, 5.41) is 3.71. The lowest BCUT2D eigenvalue weighted by molar-refractivity contribution is -0.143. The molecule has 4 aliphatic rings. The number of anilines is 1. The van der Waals surface area contributed by atoms with Gasteiger partial charge in [-0.15, -0.1) is 0 Å². The number of piperazine rings is 1. The first-order valence-corrected chi connectivity index (χ1v) is 12.8. The molecular formula is C25H34F4N4O3. The average molecular weight is 515 g/mol. The number of hydrogen-bond donors (Lipinski definition) is 1. The van der Waals surface area contributed by atoms with Gasteiger partial charge in [0.15, 0.2) is 11.6 Å². The number of fused-ring (bicyclic) bond motifs is 2. The standard InChI is InChI=1S/C25H34F4N4O3/c1-3-24(7-4-15(11-24)31-19-6-9-36-14-20(19)35-2)23(34)33-13-16-10-17(33)12-32(16)22-21(26)18(5-8-30-22)25(27,28)29/h5,8,15-17,19-20,31H,3-4,6-7,9-14H2,1-2H3/t15-,16-,17+,19+,20-,24+/m1/s1. The van der Waals surface area contributed by atoms with Gasteiger partial charge in [0.25, 0.3) is 0 Å². The molecule has 4 fully saturated rings. The first-order valence-electron chi connectivity index (χ1n) is 12.8. The fourth-order valence-electron chi connectivity index (χ4n) is 6.70. The quantitative estimate of drug-likeness (QED) is 0.588. The van der Waals surface area contributed by atoms with E-state index in [2.05, 4.69) is 17.2 Å². The highest BCUT2D eigenvalue weighted by Crippen LogP contribution is 2.46. The van der Waals surface area contributed by atoms with Gasteiger partial charge < -0.3 is 24.6 Å². The molecule has 3 saturated heterocycles. The summed E-state index contributed by atoms with van der Waals surface area (Å²) in [6.45, 7) is 3.98. The predicted molar refractivity (Wildman–Crippen MR) is 124 cm³/mol. The number of alkyl halides is 3. The molecule has 1 saturated carbocycles. The number of nitrogens with one attached hydrogen (secondary N) is 1. The second kappa shape index (κ2) is 9.72. The lowest BCUT2D eigenvalue weighted by Gasteiger charge is -2.40.